The summed E-state index contributed by atoms with van der Waals surface area (Å²) in [4.78, 5) is 4.31. The van der Waals surface area contributed by atoms with Crippen LogP contribution >= 0.6 is 24.0 Å². The Balaban J connectivity index is 0.00000441. The van der Waals surface area contributed by atoms with Crippen molar-refractivity contribution < 1.29 is 4.74 Å². The average molecular weight is 423 g/mol. The van der Waals surface area contributed by atoms with Crippen molar-refractivity contribution in [2.45, 2.75) is 52.4 Å². The molecule has 0 aliphatic carbocycles. The molecule has 1 atom stereocenters. The smallest absolute Gasteiger partial charge is 0.190 e. The predicted molar refractivity (Wildman–Crippen MR) is 106 cm³/mol. The van der Waals surface area contributed by atoms with E-state index in [1.165, 1.54) is 31.3 Å². The number of hydrogen-bond donors (Lipinski definition) is 2. The summed E-state index contributed by atoms with van der Waals surface area (Å²) in [5.74, 6) is 1.68. The number of hydrogen-bond acceptors (Lipinski definition) is 2. The van der Waals surface area contributed by atoms with Gasteiger partial charge in [0.05, 0.1) is 13.2 Å². The molecule has 1 aliphatic heterocycles. The molecule has 0 aromatic heterocycles. The zero-order chi connectivity index (χ0) is 15.3. The molecule has 2 N–H and O–H groups in total. The van der Waals surface area contributed by atoms with Crippen LogP contribution in [0.25, 0.3) is 0 Å². The summed E-state index contributed by atoms with van der Waals surface area (Å²) in [6.07, 6.45) is 9.50. The number of halogens is 1. The SMILES string of the molecule is CCCCC(CC)CNC(=NC)NCCC1=CCOCC1.I. The van der Waals surface area contributed by atoms with Crippen LogP contribution < -0.4 is 10.6 Å². The fourth-order valence-electron chi connectivity index (χ4n) is 2.54. The van der Waals surface area contributed by atoms with E-state index in [9.17, 15) is 0 Å². The summed E-state index contributed by atoms with van der Waals surface area (Å²) < 4.78 is 5.32. The molecular formula is C17H34IN3O. The first-order valence-corrected chi connectivity index (χ1v) is 8.50. The van der Waals surface area contributed by atoms with Crippen molar-refractivity contribution in [2.24, 2.45) is 10.9 Å². The molecule has 1 unspecified atom stereocenters. The number of rotatable bonds is 9. The van der Waals surface area contributed by atoms with Crippen LogP contribution in [-0.4, -0.2) is 39.3 Å². The first-order valence-electron chi connectivity index (χ1n) is 8.50. The number of nitrogens with one attached hydrogen (secondary N) is 2. The second-order valence-corrected chi connectivity index (χ2v) is 5.73. The molecule has 4 nitrogen and oxygen atoms in total. The molecule has 0 fully saturated rings. The Kier molecular flexibility index (Phi) is 14.1. The van der Waals surface area contributed by atoms with Gasteiger partial charge in [0.25, 0.3) is 0 Å². The molecule has 130 valence electrons. The Labute approximate surface area is 153 Å². The van der Waals surface area contributed by atoms with Gasteiger partial charge in [-0.2, -0.15) is 0 Å². The highest BCUT2D eigenvalue weighted by atomic mass is 127. The van der Waals surface area contributed by atoms with Gasteiger partial charge in [0.15, 0.2) is 5.96 Å². The Morgan fingerprint density at radius 1 is 1.36 bits per heavy atom. The van der Waals surface area contributed by atoms with Crippen molar-refractivity contribution in [1.29, 1.82) is 0 Å². The van der Waals surface area contributed by atoms with E-state index in [0.29, 0.717) is 0 Å². The molecule has 0 saturated carbocycles. The third-order valence-electron chi connectivity index (χ3n) is 4.12. The summed E-state index contributed by atoms with van der Waals surface area (Å²) in [5.41, 5.74) is 1.50. The van der Waals surface area contributed by atoms with Crippen LogP contribution in [0.15, 0.2) is 16.6 Å². The summed E-state index contributed by atoms with van der Waals surface area (Å²) in [6.45, 7) is 8.14. The van der Waals surface area contributed by atoms with Gasteiger partial charge < -0.3 is 15.4 Å². The first kappa shape index (κ1) is 21.7. The lowest BCUT2D eigenvalue weighted by Gasteiger charge is -2.19. The summed E-state index contributed by atoms with van der Waals surface area (Å²) in [5, 5.41) is 6.87. The monoisotopic (exact) mass is 423 g/mol. The number of ether oxygens (including phenoxy) is 1. The first-order chi connectivity index (χ1) is 10.3. The lowest BCUT2D eigenvalue weighted by atomic mass is 9.99. The summed E-state index contributed by atoms with van der Waals surface area (Å²) in [6, 6.07) is 0. The Morgan fingerprint density at radius 2 is 2.18 bits per heavy atom. The predicted octanol–water partition coefficient (Wildman–Crippen LogP) is 3.72. The molecule has 0 spiro atoms. The molecule has 0 aromatic carbocycles. The topological polar surface area (TPSA) is 45.7 Å². The van der Waals surface area contributed by atoms with Gasteiger partial charge in [0.2, 0.25) is 0 Å². The molecule has 1 rings (SSSR count). The van der Waals surface area contributed by atoms with Crippen molar-refractivity contribution >= 4 is 29.9 Å². The van der Waals surface area contributed by atoms with E-state index < -0.39 is 0 Å². The van der Waals surface area contributed by atoms with E-state index in [0.717, 1.165) is 51.0 Å². The second kappa shape index (κ2) is 14.3. The fourth-order valence-corrected chi connectivity index (χ4v) is 2.54. The molecule has 0 radical (unpaired) electrons. The van der Waals surface area contributed by atoms with Gasteiger partial charge in [0, 0.05) is 20.1 Å². The number of unbranched alkanes of at least 4 members (excludes halogenated alkanes) is 1. The molecule has 22 heavy (non-hydrogen) atoms. The van der Waals surface area contributed by atoms with Crippen molar-refractivity contribution in [2.75, 3.05) is 33.4 Å². The maximum absolute atomic E-state index is 5.32. The molecule has 0 aromatic rings. The van der Waals surface area contributed by atoms with Crippen LogP contribution in [0.1, 0.15) is 52.4 Å². The third-order valence-corrected chi connectivity index (χ3v) is 4.12. The summed E-state index contributed by atoms with van der Waals surface area (Å²) in [7, 11) is 1.84. The third kappa shape index (κ3) is 9.66. The average Bonchev–Trinajstić information content (AvgIpc) is 2.54. The normalized spacial score (nSPS) is 16.5. The van der Waals surface area contributed by atoms with E-state index in [4.69, 9.17) is 4.74 Å². The van der Waals surface area contributed by atoms with Gasteiger partial charge in [-0.15, -0.1) is 24.0 Å². The minimum atomic E-state index is 0. The number of guanidine groups is 1. The van der Waals surface area contributed by atoms with Crippen LogP contribution in [-0.2, 0) is 4.74 Å². The van der Waals surface area contributed by atoms with Gasteiger partial charge in [-0.1, -0.05) is 44.8 Å². The van der Waals surface area contributed by atoms with Crippen LogP contribution in [0.3, 0.4) is 0 Å². The second-order valence-electron chi connectivity index (χ2n) is 5.73. The van der Waals surface area contributed by atoms with Crippen molar-refractivity contribution in [3.05, 3.63) is 11.6 Å². The minimum absolute atomic E-state index is 0. The van der Waals surface area contributed by atoms with Crippen molar-refractivity contribution in [3.8, 4) is 0 Å². The standard InChI is InChI=1S/C17H33N3O.HI/c1-4-6-7-15(5-2)14-20-17(18-3)19-11-8-16-9-12-21-13-10-16;/h9,15H,4-8,10-14H2,1-3H3,(H2,18,19,20);1H. The quantitative estimate of drug-likeness (QED) is 0.257. The van der Waals surface area contributed by atoms with E-state index in [1.54, 1.807) is 0 Å². The van der Waals surface area contributed by atoms with E-state index in [-0.39, 0.29) is 24.0 Å². The van der Waals surface area contributed by atoms with E-state index >= 15 is 0 Å². The molecule has 0 bridgehead atoms. The van der Waals surface area contributed by atoms with Gasteiger partial charge >= 0.3 is 0 Å². The van der Waals surface area contributed by atoms with Crippen molar-refractivity contribution in [1.82, 2.24) is 10.6 Å². The van der Waals surface area contributed by atoms with Gasteiger partial charge in [-0.3, -0.25) is 4.99 Å². The maximum atomic E-state index is 5.32. The Morgan fingerprint density at radius 3 is 2.77 bits per heavy atom. The fraction of sp³-hybridized carbons (Fsp3) is 0.824. The zero-order valence-electron chi connectivity index (χ0n) is 14.5. The highest BCUT2D eigenvalue weighted by molar-refractivity contribution is 14.0. The van der Waals surface area contributed by atoms with Crippen LogP contribution in [0.2, 0.25) is 0 Å². The number of nitrogens with zero attached hydrogens (tertiary/aromatic N) is 1. The zero-order valence-corrected chi connectivity index (χ0v) is 16.8. The van der Waals surface area contributed by atoms with Gasteiger partial charge in [-0.05, 0) is 25.2 Å². The van der Waals surface area contributed by atoms with Crippen LogP contribution in [0, 0.1) is 5.92 Å². The minimum Gasteiger partial charge on any atom is -0.377 e. The van der Waals surface area contributed by atoms with Crippen LogP contribution in [0.4, 0.5) is 0 Å². The molecule has 5 heteroatoms. The molecule has 1 aliphatic rings. The molecule has 0 amide bonds. The van der Waals surface area contributed by atoms with E-state index in [1.807, 2.05) is 7.05 Å². The largest absolute Gasteiger partial charge is 0.377 e. The highest BCUT2D eigenvalue weighted by Gasteiger charge is 2.07. The maximum Gasteiger partial charge on any atom is 0.190 e. The highest BCUT2D eigenvalue weighted by Crippen LogP contribution is 2.12. The number of aliphatic imine (C=N–C) groups is 1. The van der Waals surface area contributed by atoms with Crippen molar-refractivity contribution in [3.63, 3.8) is 0 Å². The molecular weight excluding hydrogens is 389 g/mol. The van der Waals surface area contributed by atoms with Crippen LogP contribution in [0.5, 0.6) is 0 Å². The van der Waals surface area contributed by atoms with E-state index in [2.05, 4.69) is 35.5 Å². The molecule has 0 saturated heterocycles. The lowest BCUT2D eigenvalue weighted by molar-refractivity contribution is 0.153. The Hall–Kier alpha value is -0.300. The molecule has 1 heterocycles. The lowest BCUT2D eigenvalue weighted by Crippen LogP contribution is -2.40. The van der Waals surface area contributed by atoms with Gasteiger partial charge in [0.1, 0.15) is 0 Å². The van der Waals surface area contributed by atoms with Gasteiger partial charge in [-0.25, -0.2) is 0 Å². The summed E-state index contributed by atoms with van der Waals surface area (Å²) >= 11 is 0. The Bertz CT molecular complexity index is 332.